The maximum atomic E-state index is 11.4. The normalized spacial score (nSPS) is 21.4. The van der Waals surface area contributed by atoms with Gasteiger partial charge in [-0.3, -0.25) is 9.59 Å². The first kappa shape index (κ1) is 11.0. The first-order valence-electron chi connectivity index (χ1n) is 5.04. The van der Waals surface area contributed by atoms with Crippen LogP contribution in [0.25, 0.3) is 0 Å². The van der Waals surface area contributed by atoms with E-state index in [4.69, 9.17) is 0 Å². The fourth-order valence-electron chi connectivity index (χ4n) is 1.66. The van der Waals surface area contributed by atoms with Crippen LogP contribution in [0.3, 0.4) is 0 Å². The molecule has 1 aliphatic heterocycles. The zero-order chi connectivity index (χ0) is 10.6. The second-order valence-corrected chi connectivity index (χ2v) is 3.62. The van der Waals surface area contributed by atoms with E-state index in [2.05, 4.69) is 11.7 Å². The molecule has 4 nitrogen and oxygen atoms in total. The summed E-state index contributed by atoms with van der Waals surface area (Å²) in [5.74, 6) is -0.435. The lowest BCUT2D eigenvalue weighted by Crippen LogP contribution is -2.27. The Bertz CT molecular complexity index is 227. The van der Waals surface area contributed by atoms with Gasteiger partial charge in [-0.25, -0.2) is 0 Å². The number of ether oxygens (including phenoxy) is 1. The molecule has 1 rings (SSSR count). The zero-order valence-corrected chi connectivity index (χ0v) is 8.78. The van der Waals surface area contributed by atoms with Gasteiger partial charge in [-0.2, -0.15) is 0 Å². The van der Waals surface area contributed by atoms with Gasteiger partial charge in [-0.15, -0.1) is 0 Å². The lowest BCUT2D eigenvalue weighted by molar-refractivity contribution is -0.145. The highest BCUT2D eigenvalue weighted by molar-refractivity contribution is 5.86. The van der Waals surface area contributed by atoms with E-state index in [0.29, 0.717) is 13.0 Å². The van der Waals surface area contributed by atoms with Crippen molar-refractivity contribution in [3.63, 3.8) is 0 Å². The summed E-state index contributed by atoms with van der Waals surface area (Å²) in [6, 6.07) is 0. The molecule has 1 saturated heterocycles. The van der Waals surface area contributed by atoms with Crippen molar-refractivity contribution in [3.8, 4) is 0 Å². The third-order valence-electron chi connectivity index (χ3n) is 2.53. The first-order valence-corrected chi connectivity index (χ1v) is 5.04. The van der Waals surface area contributed by atoms with E-state index in [9.17, 15) is 9.59 Å². The minimum Gasteiger partial charge on any atom is -0.469 e. The van der Waals surface area contributed by atoms with E-state index in [1.54, 1.807) is 4.90 Å². The molecule has 0 N–H and O–H groups in total. The van der Waals surface area contributed by atoms with Gasteiger partial charge in [0.2, 0.25) is 5.91 Å². The molecule has 0 unspecified atom stereocenters. The fraction of sp³-hybridized carbons (Fsp3) is 0.800. The lowest BCUT2D eigenvalue weighted by Gasteiger charge is -2.15. The van der Waals surface area contributed by atoms with E-state index >= 15 is 0 Å². The summed E-state index contributed by atoms with van der Waals surface area (Å²) in [5, 5.41) is 0. The van der Waals surface area contributed by atoms with Crippen molar-refractivity contribution in [1.29, 1.82) is 0 Å². The van der Waals surface area contributed by atoms with Crippen molar-refractivity contribution in [2.45, 2.75) is 26.2 Å². The monoisotopic (exact) mass is 199 g/mol. The van der Waals surface area contributed by atoms with Crippen molar-refractivity contribution >= 4 is 11.9 Å². The van der Waals surface area contributed by atoms with Gasteiger partial charge in [0, 0.05) is 19.5 Å². The molecule has 0 aromatic rings. The number of carbonyl (C=O) groups excluding carboxylic acids is 2. The van der Waals surface area contributed by atoms with Gasteiger partial charge in [0.15, 0.2) is 0 Å². The number of hydrogen-bond donors (Lipinski definition) is 0. The molecule has 80 valence electrons. The Morgan fingerprint density at radius 1 is 1.64 bits per heavy atom. The highest BCUT2D eigenvalue weighted by Gasteiger charge is 2.34. The van der Waals surface area contributed by atoms with Gasteiger partial charge in [0.05, 0.1) is 13.0 Å². The largest absolute Gasteiger partial charge is 0.469 e. The van der Waals surface area contributed by atoms with E-state index < -0.39 is 0 Å². The van der Waals surface area contributed by atoms with Crippen LogP contribution in [-0.4, -0.2) is 37.0 Å². The molecule has 1 amide bonds. The van der Waals surface area contributed by atoms with E-state index in [-0.39, 0.29) is 17.8 Å². The van der Waals surface area contributed by atoms with Crippen molar-refractivity contribution in [2.24, 2.45) is 5.92 Å². The Balaban J connectivity index is 2.43. The second-order valence-electron chi connectivity index (χ2n) is 3.62. The maximum absolute atomic E-state index is 11.4. The van der Waals surface area contributed by atoms with Crippen molar-refractivity contribution in [3.05, 3.63) is 0 Å². The third-order valence-corrected chi connectivity index (χ3v) is 2.53. The Kier molecular flexibility index (Phi) is 3.92. The van der Waals surface area contributed by atoms with Crippen molar-refractivity contribution < 1.29 is 14.3 Å². The molecule has 0 radical (unpaired) electrons. The van der Waals surface area contributed by atoms with Gasteiger partial charge in [-0.05, 0) is 6.42 Å². The summed E-state index contributed by atoms with van der Waals surface area (Å²) in [6.45, 7) is 3.38. The van der Waals surface area contributed by atoms with Crippen LogP contribution in [0.15, 0.2) is 0 Å². The predicted octanol–water partition coefficient (Wildman–Crippen LogP) is 0.808. The molecule has 0 aromatic carbocycles. The summed E-state index contributed by atoms with van der Waals surface area (Å²) >= 11 is 0. The second kappa shape index (κ2) is 4.98. The van der Waals surface area contributed by atoms with E-state index in [0.717, 1.165) is 19.4 Å². The fourth-order valence-corrected chi connectivity index (χ4v) is 1.66. The molecule has 0 aliphatic carbocycles. The molecule has 0 saturated carbocycles. The number of likely N-dealkylation sites (tertiary alicyclic amines) is 1. The van der Waals surface area contributed by atoms with E-state index in [1.807, 2.05) is 0 Å². The molecule has 1 heterocycles. The standard InChI is InChI=1S/C10H17NO3/c1-3-4-5-11-7-8(6-9(11)12)10(13)14-2/h8H,3-7H2,1-2H3/t8-/m1/s1. The predicted molar refractivity (Wildman–Crippen MR) is 51.6 cm³/mol. The highest BCUT2D eigenvalue weighted by atomic mass is 16.5. The number of unbranched alkanes of at least 4 members (excludes halogenated alkanes) is 1. The number of rotatable bonds is 4. The molecular formula is C10H17NO3. The number of esters is 1. The number of hydrogen-bond acceptors (Lipinski definition) is 3. The minimum absolute atomic E-state index is 0.0776. The molecule has 1 atom stereocenters. The Labute approximate surface area is 84.2 Å². The molecule has 1 fully saturated rings. The zero-order valence-electron chi connectivity index (χ0n) is 8.78. The van der Waals surface area contributed by atoms with Gasteiger partial charge >= 0.3 is 5.97 Å². The van der Waals surface area contributed by atoms with Gasteiger partial charge in [-0.1, -0.05) is 13.3 Å². The summed E-state index contributed by atoms with van der Waals surface area (Å²) in [4.78, 5) is 24.4. The summed E-state index contributed by atoms with van der Waals surface area (Å²) in [5.41, 5.74) is 0. The van der Waals surface area contributed by atoms with Gasteiger partial charge in [0.25, 0.3) is 0 Å². The van der Waals surface area contributed by atoms with Crippen molar-refractivity contribution in [2.75, 3.05) is 20.2 Å². The lowest BCUT2D eigenvalue weighted by atomic mass is 10.1. The molecule has 14 heavy (non-hydrogen) atoms. The quantitative estimate of drug-likeness (QED) is 0.629. The smallest absolute Gasteiger partial charge is 0.310 e. The van der Waals surface area contributed by atoms with Crippen LogP contribution in [0.4, 0.5) is 0 Å². The van der Waals surface area contributed by atoms with Crippen LogP contribution in [0.5, 0.6) is 0 Å². The summed E-state index contributed by atoms with van der Waals surface area (Å²) in [7, 11) is 1.36. The number of carbonyl (C=O) groups is 2. The molecule has 1 aliphatic rings. The Morgan fingerprint density at radius 3 is 2.93 bits per heavy atom. The average Bonchev–Trinajstić information content (AvgIpc) is 2.56. The van der Waals surface area contributed by atoms with Gasteiger partial charge < -0.3 is 9.64 Å². The van der Waals surface area contributed by atoms with Crippen LogP contribution in [0.2, 0.25) is 0 Å². The van der Waals surface area contributed by atoms with Crippen molar-refractivity contribution in [1.82, 2.24) is 4.90 Å². The number of amides is 1. The SMILES string of the molecule is CCCCN1C[C@H](C(=O)OC)CC1=O. The Morgan fingerprint density at radius 2 is 2.36 bits per heavy atom. The Hall–Kier alpha value is -1.06. The average molecular weight is 199 g/mol. The summed E-state index contributed by atoms with van der Waals surface area (Å²) in [6.07, 6.45) is 2.38. The molecule has 4 heteroatoms. The number of methoxy groups -OCH3 is 1. The number of nitrogens with zero attached hydrogens (tertiary/aromatic N) is 1. The molecular weight excluding hydrogens is 182 g/mol. The van der Waals surface area contributed by atoms with Crippen LogP contribution >= 0.6 is 0 Å². The highest BCUT2D eigenvalue weighted by Crippen LogP contribution is 2.19. The minimum atomic E-state index is -0.266. The summed E-state index contributed by atoms with van der Waals surface area (Å²) < 4.78 is 4.62. The van der Waals surface area contributed by atoms with Crippen LogP contribution in [0, 0.1) is 5.92 Å². The third kappa shape index (κ3) is 2.47. The topological polar surface area (TPSA) is 46.6 Å². The van der Waals surface area contributed by atoms with Gasteiger partial charge in [0.1, 0.15) is 0 Å². The first-order chi connectivity index (χ1) is 6.69. The molecule has 0 bridgehead atoms. The maximum Gasteiger partial charge on any atom is 0.310 e. The van der Waals surface area contributed by atoms with Crippen LogP contribution in [-0.2, 0) is 14.3 Å². The van der Waals surface area contributed by atoms with E-state index in [1.165, 1.54) is 7.11 Å². The van der Waals surface area contributed by atoms with Crippen LogP contribution < -0.4 is 0 Å². The molecule has 0 spiro atoms. The van der Waals surface area contributed by atoms with Crippen LogP contribution in [0.1, 0.15) is 26.2 Å². The molecule has 0 aromatic heterocycles.